The van der Waals surface area contributed by atoms with E-state index in [0.717, 1.165) is 22.1 Å². The van der Waals surface area contributed by atoms with E-state index < -0.39 is 0 Å². The highest BCUT2D eigenvalue weighted by molar-refractivity contribution is 9.10. The molecule has 0 aliphatic rings. The minimum atomic E-state index is -0.101. The Balaban J connectivity index is 3.11. The first-order valence-electron chi connectivity index (χ1n) is 5.67. The lowest BCUT2D eigenvalue weighted by Gasteiger charge is -2.24. The molecule has 18 heavy (non-hydrogen) atoms. The summed E-state index contributed by atoms with van der Waals surface area (Å²) in [5, 5.41) is 7.93. The molecule has 0 aromatic heterocycles. The first-order chi connectivity index (χ1) is 8.45. The van der Waals surface area contributed by atoms with Crippen molar-refractivity contribution in [3.8, 4) is 0 Å². The number of aryl methyl sites for hydroxylation is 1. The molecule has 0 saturated carbocycles. The number of anilines is 1. The Morgan fingerprint density at radius 1 is 1.44 bits per heavy atom. The first-order valence-corrected chi connectivity index (χ1v) is 6.47. The second-order valence-corrected chi connectivity index (χ2v) is 4.86. The van der Waals surface area contributed by atoms with Gasteiger partial charge in [0.05, 0.1) is 0 Å². The number of hydrogen-bond donors (Lipinski definition) is 3. The topological polar surface area (TPSA) is 91.5 Å². The molecular weight excluding hydrogens is 294 g/mol. The summed E-state index contributed by atoms with van der Waals surface area (Å²) in [5.74, 6) is -0.0434. The van der Waals surface area contributed by atoms with Crippen molar-refractivity contribution in [1.82, 2.24) is 0 Å². The van der Waals surface area contributed by atoms with Crippen molar-refractivity contribution in [3.05, 3.63) is 28.2 Å². The van der Waals surface area contributed by atoms with Gasteiger partial charge in [0.25, 0.3) is 0 Å². The summed E-state index contributed by atoms with van der Waals surface area (Å²) in [4.78, 5) is 5.60. The molecule has 0 bridgehead atoms. The molecule has 0 radical (unpaired) electrons. The molecule has 5 nitrogen and oxygen atoms in total. The molecular formula is C12H18BrN5. The lowest BCUT2D eigenvalue weighted by molar-refractivity contribution is 0.890. The molecule has 0 atom stereocenters. The summed E-state index contributed by atoms with van der Waals surface area (Å²) < 4.78 is 1.01. The molecule has 5 N–H and O–H groups in total. The van der Waals surface area contributed by atoms with Crippen LogP contribution in [0.1, 0.15) is 18.9 Å². The quantitative estimate of drug-likeness (QED) is 0.590. The molecule has 0 saturated heterocycles. The van der Waals surface area contributed by atoms with Crippen molar-refractivity contribution < 1.29 is 0 Å². The molecule has 0 heterocycles. The monoisotopic (exact) mass is 311 g/mol. The zero-order valence-corrected chi connectivity index (χ0v) is 12.2. The summed E-state index contributed by atoms with van der Waals surface area (Å²) in [6.07, 6.45) is 0.901. The number of nitrogens with one attached hydrogen (secondary N) is 1. The van der Waals surface area contributed by atoms with Crippen LogP contribution in [0.15, 0.2) is 27.7 Å². The predicted octanol–water partition coefficient (Wildman–Crippen LogP) is 2.18. The van der Waals surface area contributed by atoms with E-state index in [9.17, 15) is 0 Å². The van der Waals surface area contributed by atoms with Gasteiger partial charge >= 0.3 is 0 Å². The van der Waals surface area contributed by atoms with E-state index in [1.54, 1.807) is 4.90 Å². The van der Waals surface area contributed by atoms with Crippen LogP contribution in [0.25, 0.3) is 0 Å². The number of benzene rings is 1. The number of hydrogen-bond acceptors (Lipinski definition) is 1. The SMILES string of the molecule is CCCN(C(=N)N=C(N)N)c1ccc(Br)cc1C. The Morgan fingerprint density at radius 2 is 2.11 bits per heavy atom. The molecule has 0 unspecified atom stereocenters. The van der Waals surface area contributed by atoms with Gasteiger partial charge in [0.1, 0.15) is 0 Å². The van der Waals surface area contributed by atoms with Gasteiger partial charge in [-0.05, 0) is 37.1 Å². The second kappa shape index (κ2) is 6.39. The number of nitrogens with two attached hydrogens (primary N) is 2. The fraction of sp³-hybridized carbons (Fsp3) is 0.333. The summed E-state index contributed by atoms with van der Waals surface area (Å²) in [5.41, 5.74) is 12.6. The van der Waals surface area contributed by atoms with E-state index in [-0.39, 0.29) is 11.9 Å². The Morgan fingerprint density at radius 3 is 2.61 bits per heavy atom. The highest BCUT2D eigenvalue weighted by atomic mass is 79.9. The van der Waals surface area contributed by atoms with Crippen LogP contribution in [0.2, 0.25) is 0 Å². The highest BCUT2D eigenvalue weighted by Gasteiger charge is 2.13. The third-order valence-electron chi connectivity index (χ3n) is 2.39. The van der Waals surface area contributed by atoms with E-state index in [0.29, 0.717) is 6.54 Å². The molecule has 0 aliphatic carbocycles. The van der Waals surface area contributed by atoms with Gasteiger partial charge in [0, 0.05) is 16.7 Å². The summed E-state index contributed by atoms with van der Waals surface area (Å²) in [7, 11) is 0. The Hall–Kier alpha value is -1.56. The van der Waals surface area contributed by atoms with Crippen molar-refractivity contribution >= 4 is 33.5 Å². The van der Waals surface area contributed by atoms with Crippen LogP contribution in [0.4, 0.5) is 5.69 Å². The lowest BCUT2D eigenvalue weighted by atomic mass is 10.2. The summed E-state index contributed by atoms with van der Waals surface area (Å²) in [6, 6.07) is 5.89. The maximum atomic E-state index is 7.93. The van der Waals surface area contributed by atoms with Crippen LogP contribution < -0.4 is 16.4 Å². The zero-order chi connectivity index (χ0) is 13.7. The highest BCUT2D eigenvalue weighted by Crippen LogP contribution is 2.24. The van der Waals surface area contributed by atoms with E-state index in [2.05, 4.69) is 20.9 Å². The minimum Gasteiger partial charge on any atom is -0.370 e. The van der Waals surface area contributed by atoms with E-state index in [4.69, 9.17) is 16.9 Å². The van der Waals surface area contributed by atoms with Crippen LogP contribution in [0, 0.1) is 12.3 Å². The molecule has 1 rings (SSSR count). The van der Waals surface area contributed by atoms with Crippen molar-refractivity contribution in [2.24, 2.45) is 16.5 Å². The number of halogens is 1. The number of guanidine groups is 2. The zero-order valence-electron chi connectivity index (χ0n) is 10.6. The molecule has 98 valence electrons. The van der Waals surface area contributed by atoms with Gasteiger partial charge in [-0.2, -0.15) is 4.99 Å². The normalized spacial score (nSPS) is 9.94. The van der Waals surface area contributed by atoms with Crippen molar-refractivity contribution in [1.29, 1.82) is 5.41 Å². The van der Waals surface area contributed by atoms with Crippen LogP contribution in [-0.4, -0.2) is 18.5 Å². The molecule has 0 amide bonds. The van der Waals surface area contributed by atoms with E-state index in [1.165, 1.54) is 0 Å². The third-order valence-corrected chi connectivity index (χ3v) is 2.88. The Kier molecular flexibility index (Phi) is 5.15. The van der Waals surface area contributed by atoms with Crippen LogP contribution >= 0.6 is 15.9 Å². The third kappa shape index (κ3) is 3.73. The van der Waals surface area contributed by atoms with Gasteiger partial charge in [-0.25, -0.2) is 0 Å². The molecule has 0 aliphatic heterocycles. The second-order valence-electron chi connectivity index (χ2n) is 3.94. The molecule has 0 spiro atoms. The van der Waals surface area contributed by atoms with Crippen molar-refractivity contribution in [2.75, 3.05) is 11.4 Å². The fourth-order valence-electron chi connectivity index (χ4n) is 1.67. The van der Waals surface area contributed by atoms with Gasteiger partial charge in [-0.3, -0.25) is 5.41 Å². The average Bonchev–Trinajstić information content (AvgIpc) is 2.25. The maximum absolute atomic E-state index is 7.93. The van der Waals surface area contributed by atoms with E-state index in [1.807, 2.05) is 32.0 Å². The molecule has 6 heteroatoms. The number of rotatable bonds is 3. The number of aliphatic imine (C=N–C) groups is 1. The molecule has 0 fully saturated rings. The van der Waals surface area contributed by atoms with Crippen molar-refractivity contribution in [2.45, 2.75) is 20.3 Å². The predicted molar refractivity (Wildman–Crippen MR) is 80.1 cm³/mol. The van der Waals surface area contributed by atoms with Gasteiger partial charge in [0.15, 0.2) is 5.96 Å². The van der Waals surface area contributed by atoms with Gasteiger partial charge in [-0.1, -0.05) is 22.9 Å². The first kappa shape index (κ1) is 14.5. The van der Waals surface area contributed by atoms with Crippen LogP contribution in [-0.2, 0) is 0 Å². The van der Waals surface area contributed by atoms with Crippen molar-refractivity contribution in [3.63, 3.8) is 0 Å². The van der Waals surface area contributed by atoms with Crippen LogP contribution in [0.5, 0.6) is 0 Å². The van der Waals surface area contributed by atoms with Crippen LogP contribution in [0.3, 0.4) is 0 Å². The minimum absolute atomic E-state index is 0.0577. The average molecular weight is 312 g/mol. The summed E-state index contributed by atoms with van der Waals surface area (Å²) >= 11 is 3.42. The smallest absolute Gasteiger partial charge is 0.225 e. The fourth-order valence-corrected chi connectivity index (χ4v) is 2.14. The Labute approximate surface area is 116 Å². The van der Waals surface area contributed by atoms with Gasteiger partial charge < -0.3 is 16.4 Å². The Bertz CT molecular complexity index is 466. The maximum Gasteiger partial charge on any atom is 0.225 e. The molecule has 1 aromatic carbocycles. The van der Waals surface area contributed by atoms with Gasteiger partial charge in [0.2, 0.25) is 5.96 Å². The van der Waals surface area contributed by atoms with Gasteiger partial charge in [-0.15, -0.1) is 0 Å². The number of nitrogens with zero attached hydrogens (tertiary/aromatic N) is 2. The lowest BCUT2D eigenvalue weighted by Crippen LogP contribution is -2.34. The standard InChI is InChI=1S/C12H18BrN5/c1-3-6-18(12(16)17-11(14)15)10-5-4-9(13)7-8(10)2/h4-5,7H,3,6H2,1-2H3,(H5,14,15,16,17). The largest absolute Gasteiger partial charge is 0.370 e. The molecule has 1 aromatic rings. The van der Waals surface area contributed by atoms with E-state index >= 15 is 0 Å². The summed E-state index contributed by atoms with van der Waals surface area (Å²) in [6.45, 7) is 4.73.